The summed E-state index contributed by atoms with van der Waals surface area (Å²) in [5.41, 5.74) is 16.4. The maximum absolute atomic E-state index is 11.5. The van der Waals surface area contributed by atoms with Gasteiger partial charge in [-0.3, -0.25) is 9.55 Å². The molecule has 60 heavy (non-hydrogen) atoms. The van der Waals surface area contributed by atoms with Crippen LogP contribution in [0.15, 0.2) is 182 Å². The average Bonchev–Trinajstić information content (AvgIpc) is 3.66. The molecular weight excluding hydrogens is 731 g/mol. The lowest BCUT2D eigenvalue weighted by Crippen LogP contribution is -2.14. The lowest BCUT2D eigenvalue weighted by Gasteiger charge is -2.27. The molecule has 294 valence electrons. The molecule has 0 aliphatic rings. The summed E-state index contributed by atoms with van der Waals surface area (Å²) in [6.07, 6.45) is 1.90. The van der Waals surface area contributed by atoms with Gasteiger partial charge in [-0.25, -0.2) is 4.98 Å². The molecule has 0 bridgehead atoms. The Kier molecular flexibility index (Phi) is 9.80. The molecule has 1 N–H and O–H groups in total. The van der Waals surface area contributed by atoms with E-state index in [4.69, 9.17) is 9.97 Å². The van der Waals surface area contributed by atoms with Gasteiger partial charge in [0.1, 0.15) is 11.6 Å². The summed E-state index contributed by atoms with van der Waals surface area (Å²) < 4.78 is 2.26. The van der Waals surface area contributed by atoms with Gasteiger partial charge in [0, 0.05) is 22.9 Å². The second-order valence-corrected chi connectivity index (χ2v) is 17.7. The molecule has 0 fully saturated rings. The van der Waals surface area contributed by atoms with Crippen LogP contribution < -0.4 is 0 Å². The van der Waals surface area contributed by atoms with Crippen molar-refractivity contribution in [3.05, 3.63) is 193 Å². The van der Waals surface area contributed by atoms with Crippen molar-refractivity contribution in [1.82, 2.24) is 14.5 Å². The summed E-state index contributed by atoms with van der Waals surface area (Å²) >= 11 is 0. The third-order valence-electron chi connectivity index (χ3n) is 11.5. The third-order valence-corrected chi connectivity index (χ3v) is 11.5. The number of hydrogen-bond acceptors (Lipinski definition) is 3. The first-order valence-corrected chi connectivity index (χ1v) is 20.7. The van der Waals surface area contributed by atoms with Gasteiger partial charge in [-0.1, -0.05) is 163 Å². The first-order valence-electron chi connectivity index (χ1n) is 20.7. The monoisotopic (exact) mass is 779 g/mol. The number of phenolic OH excluding ortho intramolecular Hbond substituents is 1. The molecular formula is C56H49N3O. The standard InChI is InChI=1S/C56H49N3O/c1-55(2,3)43-32-41(31-42(33-43)49-34-40(29-30-57-49)37-19-10-7-11-20-37)44-26-18-27-50-53(44)58-54(45-25-16-17-28-52(45)60)59(50)51-36-46(38-21-12-8-13-22-38)48(56(4,5)6)35-47(51)39-23-14-9-15-24-39/h7-36,60H,1-6H3. The summed E-state index contributed by atoms with van der Waals surface area (Å²) in [6, 6.07) is 61.5. The SMILES string of the molecule is CC(C)(C)c1cc(-c2cc(-c3ccccc3)ccn2)cc(-c2cccc3c2nc(-c2ccccc2O)n3-c2cc(-c3ccccc3)c(C(C)(C)C)cc2-c2ccccc2)c1. The van der Waals surface area contributed by atoms with Gasteiger partial charge in [-0.05, 0) is 110 Å². The van der Waals surface area contributed by atoms with Gasteiger partial charge < -0.3 is 5.11 Å². The quantitative estimate of drug-likeness (QED) is 0.175. The fraction of sp³-hybridized carbons (Fsp3) is 0.143. The highest BCUT2D eigenvalue weighted by Gasteiger charge is 2.27. The highest BCUT2D eigenvalue weighted by molar-refractivity contribution is 5.98. The Balaban J connectivity index is 1.35. The van der Waals surface area contributed by atoms with Crippen LogP contribution >= 0.6 is 0 Å². The van der Waals surface area contributed by atoms with E-state index in [1.807, 2.05) is 30.5 Å². The van der Waals surface area contributed by atoms with Crippen LogP contribution in [0.2, 0.25) is 0 Å². The van der Waals surface area contributed by atoms with E-state index >= 15 is 0 Å². The van der Waals surface area contributed by atoms with Crippen LogP contribution in [0.25, 0.3) is 83.9 Å². The van der Waals surface area contributed by atoms with Crippen molar-refractivity contribution in [3.63, 3.8) is 0 Å². The molecule has 0 saturated heterocycles. The Bertz CT molecular complexity index is 2990. The maximum Gasteiger partial charge on any atom is 0.149 e. The number of hydrogen-bond donors (Lipinski definition) is 1. The Morgan fingerprint density at radius 3 is 1.70 bits per heavy atom. The first kappa shape index (κ1) is 38.5. The zero-order chi connectivity index (χ0) is 41.6. The molecule has 4 nitrogen and oxygen atoms in total. The van der Waals surface area contributed by atoms with Crippen LogP contribution in [0.3, 0.4) is 0 Å². The van der Waals surface area contributed by atoms with E-state index in [0.717, 1.165) is 72.5 Å². The summed E-state index contributed by atoms with van der Waals surface area (Å²) in [6.45, 7) is 13.6. The van der Waals surface area contributed by atoms with Crippen LogP contribution in [-0.4, -0.2) is 19.6 Å². The third kappa shape index (κ3) is 7.30. The number of phenols is 1. The predicted octanol–water partition coefficient (Wildman–Crippen LogP) is 14.7. The average molecular weight is 780 g/mol. The second-order valence-electron chi connectivity index (χ2n) is 17.7. The van der Waals surface area contributed by atoms with Gasteiger partial charge in [0.05, 0.1) is 28.0 Å². The first-order chi connectivity index (χ1) is 28.9. The zero-order valence-corrected chi connectivity index (χ0v) is 35.1. The molecule has 0 amide bonds. The summed E-state index contributed by atoms with van der Waals surface area (Å²) in [5, 5.41) is 11.5. The number of para-hydroxylation sites is 2. The van der Waals surface area contributed by atoms with Crippen molar-refractivity contribution in [1.29, 1.82) is 0 Å². The van der Waals surface area contributed by atoms with Crippen LogP contribution in [0.4, 0.5) is 0 Å². The minimum Gasteiger partial charge on any atom is -0.507 e. The molecule has 0 radical (unpaired) electrons. The van der Waals surface area contributed by atoms with Crippen molar-refractivity contribution >= 4 is 11.0 Å². The number of aromatic hydroxyl groups is 1. The van der Waals surface area contributed by atoms with Gasteiger partial charge in [-0.15, -0.1) is 0 Å². The zero-order valence-electron chi connectivity index (χ0n) is 35.1. The molecule has 2 heterocycles. The summed E-state index contributed by atoms with van der Waals surface area (Å²) in [4.78, 5) is 10.5. The minimum absolute atomic E-state index is 0.136. The Morgan fingerprint density at radius 1 is 0.450 bits per heavy atom. The van der Waals surface area contributed by atoms with E-state index in [1.165, 1.54) is 11.1 Å². The molecule has 0 spiro atoms. The van der Waals surface area contributed by atoms with Crippen LogP contribution in [0, 0.1) is 0 Å². The van der Waals surface area contributed by atoms with Gasteiger partial charge in [0.25, 0.3) is 0 Å². The van der Waals surface area contributed by atoms with Gasteiger partial charge in [0.15, 0.2) is 0 Å². The number of imidazole rings is 1. The van der Waals surface area contributed by atoms with Crippen molar-refractivity contribution in [2.75, 3.05) is 0 Å². The molecule has 0 aliphatic heterocycles. The normalized spacial score (nSPS) is 11.9. The van der Waals surface area contributed by atoms with Crippen LogP contribution in [-0.2, 0) is 10.8 Å². The van der Waals surface area contributed by atoms with Gasteiger partial charge in [0.2, 0.25) is 0 Å². The number of rotatable bonds is 7. The number of fused-ring (bicyclic) bond motifs is 1. The molecule has 7 aromatic carbocycles. The highest BCUT2D eigenvalue weighted by atomic mass is 16.3. The second kappa shape index (κ2) is 15.3. The maximum atomic E-state index is 11.5. The van der Waals surface area contributed by atoms with Crippen molar-refractivity contribution < 1.29 is 5.11 Å². The highest BCUT2D eigenvalue weighted by Crippen LogP contribution is 2.45. The van der Waals surface area contributed by atoms with Crippen LogP contribution in [0.1, 0.15) is 52.7 Å². The Labute approximate surface area is 353 Å². The molecule has 0 aliphatic carbocycles. The largest absolute Gasteiger partial charge is 0.507 e. The number of aromatic nitrogens is 3. The number of nitrogens with zero attached hydrogens (tertiary/aromatic N) is 3. The lowest BCUT2D eigenvalue weighted by molar-refractivity contribution is 0.477. The Morgan fingerprint density at radius 2 is 1.05 bits per heavy atom. The van der Waals surface area contributed by atoms with E-state index in [9.17, 15) is 5.11 Å². The van der Waals surface area contributed by atoms with Gasteiger partial charge >= 0.3 is 0 Å². The molecule has 9 rings (SSSR count). The lowest BCUT2D eigenvalue weighted by atomic mass is 9.79. The van der Waals surface area contributed by atoms with E-state index in [2.05, 4.69) is 192 Å². The summed E-state index contributed by atoms with van der Waals surface area (Å²) in [7, 11) is 0. The number of benzene rings is 7. The smallest absolute Gasteiger partial charge is 0.149 e. The van der Waals surface area contributed by atoms with Gasteiger partial charge in [-0.2, -0.15) is 0 Å². The van der Waals surface area contributed by atoms with Crippen LogP contribution in [0.5, 0.6) is 5.75 Å². The van der Waals surface area contributed by atoms with Crippen molar-refractivity contribution in [2.45, 2.75) is 52.4 Å². The minimum atomic E-state index is -0.150. The fourth-order valence-electron chi connectivity index (χ4n) is 8.28. The number of pyridine rings is 1. The molecule has 0 atom stereocenters. The molecule has 2 aromatic heterocycles. The van der Waals surface area contributed by atoms with Crippen molar-refractivity contribution in [2.24, 2.45) is 0 Å². The molecule has 0 unspecified atom stereocenters. The summed E-state index contributed by atoms with van der Waals surface area (Å²) in [5.74, 6) is 0.840. The van der Waals surface area contributed by atoms with E-state index in [0.29, 0.717) is 11.4 Å². The topological polar surface area (TPSA) is 50.9 Å². The predicted molar refractivity (Wildman–Crippen MR) is 251 cm³/mol. The Hall–Kier alpha value is -7.04. The van der Waals surface area contributed by atoms with Crippen molar-refractivity contribution in [3.8, 4) is 78.6 Å². The van der Waals surface area contributed by atoms with E-state index < -0.39 is 0 Å². The fourth-order valence-corrected chi connectivity index (χ4v) is 8.28. The van der Waals surface area contributed by atoms with E-state index in [-0.39, 0.29) is 16.6 Å². The molecule has 4 heteroatoms. The van der Waals surface area contributed by atoms with E-state index in [1.54, 1.807) is 6.07 Å². The molecule has 0 saturated carbocycles. The molecule has 9 aromatic rings.